The maximum atomic E-state index is 11.2. The molecule has 1 aromatic rings. The Labute approximate surface area is 114 Å². The molecule has 4 nitrogen and oxygen atoms in total. The van der Waals surface area contributed by atoms with Gasteiger partial charge in [-0.05, 0) is 24.8 Å². The average Bonchev–Trinajstić information content (AvgIpc) is 2.85. The van der Waals surface area contributed by atoms with Crippen molar-refractivity contribution in [1.29, 1.82) is 0 Å². The molecule has 0 amide bonds. The molecule has 2 rings (SSSR count). The van der Waals surface area contributed by atoms with Crippen molar-refractivity contribution >= 4 is 5.97 Å². The highest BCUT2D eigenvalue weighted by Crippen LogP contribution is 2.27. The molecule has 106 valence electrons. The van der Waals surface area contributed by atoms with Gasteiger partial charge in [-0.2, -0.15) is 5.10 Å². The van der Waals surface area contributed by atoms with Gasteiger partial charge in [-0.15, -0.1) is 0 Å². The van der Waals surface area contributed by atoms with Gasteiger partial charge >= 0.3 is 5.97 Å². The number of aromatic nitrogens is 2. The Bertz CT molecular complexity index is 420. The second-order valence-corrected chi connectivity index (χ2v) is 5.97. The highest BCUT2D eigenvalue weighted by atomic mass is 16.4. The second-order valence-electron chi connectivity index (χ2n) is 5.97. The van der Waals surface area contributed by atoms with Crippen molar-refractivity contribution in [2.75, 3.05) is 0 Å². The summed E-state index contributed by atoms with van der Waals surface area (Å²) >= 11 is 0. The number of rotatable bonds is 5. The summed E-state index contributed by atoms with van der Waals surface area (Å²) in [5, 5.41) is 13.8. The van der Waals surface area contributed by atoms with E-state index in [9.17, 15) is 9.90 Å². The predicted molar refractivity (Wildman–Crippen MR) is 74.0 cm³/mol. The third-order valence-corrected chi connectivity index (χ3v) is 4.16. The van der Waals surface area contributed by atoms with Crippen molar-refractivity contribution < 1.29 is 9.90 Å². The van der Waals surface area contributed by atoms with Crippen LogP contribution >= 0.6 is 0 Å². The van der Waals surface area contributed by atoms with Crippen LogP contribution in [0.3, 0.4) is 0 Å². The van der Waals surface area contributed by atoms with Gasteiger partial charge in [0, 0.05) is 12.6 Å². The number of carboxylic acids is 1. The van der Waals surface area contributed by atoms with Gasteiger partial charge in [0.05, 0.1) is 17.7 Å². The first-order valence-electron chi connectivity index (χ1n) is 7.34. The Morgan fingerprint density at radius 3 is 2.68 bits per heavy atom. The van der Waals surface area contributed by atoms with Crippen molar-refractivity contribution in [1.82, 2.24) is 9.78 Å². The fourth-order valence-corrected chi connectivity index (χ4v) is 2.87. The number of nitrogens with zero attached hydrogens (tertiary/aromatic N) is 2. The number of carbonyl (C=O) groups is 1. The zero-order valence-electron chi connectivity index (χ0n) is 11.9. The van der Waals surface area contributed by atoms with Gasteiger partial charge in [-0.25, -0.2) is 0 Å². The number of hydrogen-bond acceptors (Lipinski definition) is 2. The molecule has 1 aromatic heterocycles. The number of carboxylic acid groups (broad SMARTS) is 1. The SMILES string of the molecule is CC(C)C(Cc1ccn(C2CCCCC2)n1)C(=O)O. The van der Waals surface area contributed by atoms with E-state index in [1.54, 1.807) is 0 Å². The summed E-state index contributed by atoms with van der Waals surface area (Å²) in [7, 11) is 0. The van der Waals surface area contributed by atoms with E-state index in [1.165, 1.54) is 32.1 Å². The molecule has 1 aliphatic carbocycles. The first-order valence-corrected chi connectivity index (χ1v) is 7.34. The van der Waals surface area contributed by atoms with E-state index in [4.69, 9.17) is 0 Å². The lowest BCUT2D eigenvalue weighted by molar-refractivity contribution is -0.143. The van der Waals surface area contributed by atoms with Crippen LogP contribution in [0.15, 0.2) is 12.3 Å². The van der Waals surface area contributed by atoms with Crippen molar-refractivity contribution in [3.05, 3.63) is 18.0 Å². The summed E-state index contributed by atoms with van der Waals surface area (Å²) in [6.07, 6.45) is 8.85. The van der Waals surface area contributed by atoms with Crippen molar-refractivity contribution in [2.24, 2.45) is 11.8 Å². The first-order chi connectivity index (χ1) is 9.08. The van der Waals surface area contributed by atoms with Crippen LogP contribution in [-0.2, 0) is 11.2 Å². The first kappa shape index (κ1) is 14.1. The molecule has 0 aliphatic heterocycles. The number of hydrogen-bond donors (Lipinski definition) is 1. The Hall–Kier alpha value is -1.32. The maximum absolute atomic E-state index is 11.2. The molecule has 0 aromatic carbocycles. The number of aliphatic carboxylic acids is 1. The largest absolute Gasteiger partial charge is 0.481 e. The van der Waals surface area contributed by atoms with Crippen LogP contribution < -0.4 is 0 Å². The molecule has 1 saturated carbocycles. The standard InChI is InChI=1S/C15H24N2O2/c1-11(2)14(15(18)19)10-12-8-9-17(16-12)13-6-4-3-5-7-13/h8-9,11,13-14H,3-7,10H2,1-2H3,(H,18,19). The van der Waals surface area contributed by atoms with E-state index in [0.29, 0.717) is 12.5 Å². The summed E-state index contributed by atoms with van der Waals surface area (Å²) in [5.41, 5.74) is 0.909. The van der Waals surface area contributed by atoms with Crippen molar-refractivity contribution in [2.45, 2.75) is 58.4 Å². The smallest absolute Gasteiger partial charge is 0.307 e. The zero-order valence-corrected chi connectivity index (χ0v) is 11.9. The molecule has 1 aliphatic rings. The summed E-state index contributed by atoms with van der Waals surface area (Å²) in [6, 6.07) is 2.50. The van der Waals surface area contributed by atoms with Crippen molar-refractivity contribution in [3.8, 4) is 0 Å². The Morgan fingerprint density at radius 2 is 2.11 bits per heavy atom. The van der Waals surface area contributed by atoms with Crippen LogP contribution in [0.4, 0.5) is 0 Å². The molecular formula is C15H24N2O2. The van der Waals surface area contributed by atoms with Crippen LogP contribution in [0.1, 0.15) is 57.7 Å². The lowest BCUT2D eigenvalue weighted by Gasteiger charge is -2.22. The van der Waals surface area contributed by atoms with E-state index in [2.05, 4.69) is 5.10 Å². The van der Waals surface area contributed by atoms with E-state index < -0.39 is 5.97 Å². The Balaban J connectivity index is 2.01. The predicted octanol–water partition coefficient (Wildman–Crippen LogP) is 3.29. The fraction of sp³-hybridized carbons (Fsp3) is 0.733. The summed E-state index contributed by atoms with van der Waals surface area (Å²) in [5.74, 6) is -0.922. The van der Waals surface area contributed by atoms with Gasteiger partial charge in [0.2, 0.25) is 0 Å². The summed E-state index contributed by atoms with van der Waals surface area (Å²) < 4.78 is 2.05. The molecule has 1 N–H and O–H groups in total. The minimum atomic E-state index is -0.720. The lowest BCUT2D eigenvalue weighted by atomic mass is 9.91. The average molecular weight is 264 g/mol. The van der Waals surface area contributed by atoms with Gasteiger partial charge in [0.15, 0.2) is 0 Å². The van der Waals surface area contributed by atoms with E-state index in [1.807, 2.05) is 30.8 Å². The molecule has 0 saturated heterocycles. The van der Waals surface area contributed by atoms with E-state index >= 15 is 0 Å². The summed E-state index contributed by atoms with van der Waals surface area (Å²) in [4.78, 5) is 11.2. The summed E-state index contributed by atoms with van der Waals surface area (Å²) in [6.45, 7) is 3.91. The third-order valence-electron chi connectivity index (χ3n) is 4.16. The molecule has 0 radical (unpaired) electrons. The van der Waals surface area contributed by atoms with Crippen LogP contribution in [0.25, 0.3) is 0 Å². The van der Waals surface area contributed by atoms with Gasteiger partial charge in [-0.3, -0.25) is 9.48 Å². The quantitative estimate of drug-likeness (QED) is 0.887. The molecule has 0 spiro atoms. The van der Waals surface area contributed by atoms with Crippen LogP contribution in [-0.4, -0.2) is 20.9 Å². The minimum Gasteiger partial charge on any atom is -0.481 e. The monoisotopic (exact) mass is 264 g/mol. The molecule has 1 fully saturated rings. The van der Waals surface area contributed by atoms with Crippen LogP contribution in [0.2, 0.25) is 0 Å². The van der Waals surface area contributed by atoms with Gasteiger partial charge in [0.1, 0.15) is 0 Å². The highest BCUT2D eigenvalue weighted by Gasteiger charge is 2.23. The lowest BCUT2D eigenvalue weighted by Crippen LogP contribution is -2.22. The normalized spacial score (nSPS) is 18.7. The van der Waals surface area contributed by atoms with Crippen molar-refractivity contribution in [3.63, 3.8) is 0 Å². The van der Waals surface area contributed by atoms with Gasteiger partial charge in [0.25, 0.3) is 0 Å². The zero-order chi connectivity index (χ0) is 13.8. The van der Waals surface area contributed by atoms with Gasteiger partial charge < -0.3 is 5.11 Å². The topological polar surface area (TPSA) is 55.1 Å². The Kier molecular flexibility index (Phi) is 4.61. The third kappa shape index (κ3) is 3.58. The molecule has 0 bridgehead atoms. The molecule has 1 atom stereocenters. The van der Waals surface area contributed by atoms with E-state index in [0.717, 1.165) is 5.69 Å². The fourth-order valence-electron chi connectivity index (χ4n) is 2.87. The van der Waals surface area contributed by atoms with E-state index in [-0.39, 0.29) is 11.8 Å². The highest BCUT2D eigenvalue weighted by molar-refractivity contribution is 5.70. The maximum Gasteiger partial charge on any atom is 0.307 e. The van der Waals surface area contributed by atoms with Gasteiger partial charge in [-0.1, -0.05) is 33.1 Å². The molecular weight excluding hydrogens is 240 g/mol. The molecule has 1 heterocycles. The van der Waals surface area contributed by atoms with Crippen LogP contribution in [0, 0.1) is 11.8 Å². The Morgan fingerprint density at radius 1 is 1.42 bits per heavy atom. The molecule has 1 unspecified atom stereocenters. The minimum absolute atomic E-state index is 0.136. The van der Waals surface area contributed by atoms with Crippen LogP contribution in [0.5, 0.6) is 0 Å². The molecule has 19 heavy (non-hydrogen) atoms. The molecule has 4 heteroatoms. The second kappa shape index (κ2) is 6.22.